The van der Waals surface area contributed by atoms with Crippen molar-refractivity contribution >= 4 is 17.6 Å². The number of rotatable bonds is 3. The van der Waals surface area contributed by atoms with E-state index in [9.17, 15) is 0 Å². The third kappa shape index (κ3) is 3.12. The predicted molar refractivity (Wildman–Crippen MR) is 81.7 cm³/mol. The van der Waals surface area contributed by atoms with Gasteiger partial charge in [-0.2, -0.15) is 9.97 Å². The molecule has 0 bridgehead atoms. The zero-order chi connectivity index (χ0) is 13.9. The van der Waals surface area contributed by atoms with Crippen LogP contribution in [0.3, 0.4) is 0 Å². The fourth-order valence-corrected chi connectivity index (χ4v) is 3.14. The molecule has 1 saturated heterocycles. The molecule has 110 valence electrons. The van der Waals surface area contributed by atoms with Crippen LogP contribution >= 0.6 is 0 Å². The summed E-state index contributed by atoms with van der Waals surface area (Å²) in [4.78, 5) is 10.8. The normalized spacial score (nSPS) is 24.1. The molecule has 0 unspecified atom stereocenters. The molecule has 1 saturated carbocycles. The van der Waals surface area contributed by atoms with E-state index >= 15 is 0 Å². The standard InChI is InChI=1S/C14H24N6/c15-10-6-7-20(9-10)13-8-12(18-14(16)19-13)17-11-4-2-1-3-5-11/h8,10-11H,1-7,9,15H2,(H3,16,17,18,19)/t10-/m0/s1. The molecule has 1 aliphatic carbocycles. The van der Waals surface area contributed by atoms with E-state index in [0.29, 0.717) is 12.0 Å². The van der Waals surface area contributed by atoms with Crippen molar-refractivity contribution in [1.29, 1.82) is 0 Å². The summed E-state index contributed by atoms with van der Waals surface area (Å²) in [7, 11) is 0. The van der Waals surface area contributed by atoms with Gasteiger partial charge in [0.25, 0.3) is 0 Å². The quantitative estimate of drug-likeness (QED) is 0.771. The summed E-state index contributed by atoms with van der Waals surface area (Å²) in [6.07, 6.45) is 7.39. The maximum atomic E-state index is 5.96. The van der Waals surface area contributed by atoms with Crippen LogP contribution in [0.1, 0.15) is 38.5 Å². The van der Waals surface area contributed by atoms with Gasteiger partial charge in [0.05, 0.1) is 0 Å². The maximum absolute atomic E-state index is 5.96. The van der Waals surface area contributed by atoms with Gasteiger partial charge in [0.2, 0.25) is 5.95 Å². The lowest BCUT2D eigenvalue weighted by atomic mass is 9.95. The Kier molecular flexibility index (Phi) is 3.91. The molecule has 1 atom stereocenters. The first-order valence-corrected chi connectivity index (χ1v) is 7.62. The van der Waals surface area contributed by atoms with E-state index in [1.54, 1.807) is 0 Å². The zero-order valence-electron chi connectivity index (χ0n) is 11.9. The van der Waals surface area contributed by atoms with E-state index in [4.69, 9.17) is 11.5 Å². The lowest BCUT2D eigenvalue weighted by Crippen LogP contribution is -2.28. The number of nitrogens with one attached hydrogen (secondary N) is 1. The lowest BCUT2D eigenvalue weighted by molar-refractivity contribution is 0.462. The second-order valence-electron chi connectivity index (χ2n) is 5.94. The Morgan fingerprint density at radius 1 is 1.15 bits per heavy atom. The predicted octanol–water partition coefficient (Wildman–Crippen LogP) is 1.34. The van der Waals surface area contributed by atoms with Gasteiger partial charge in [0.15, 0.2) is 0 Å². The van der Waals surface area contributed by atoms with Gasteiger partial charge in [-0.05, 0) is 19.3 Å². The number of nitrogens with zero attached hydrogens (tertiary/aromatic N) is 3. The average Bonchev–Trinajstić information content (AvgIpc) is 2.86. The van der Waals surface area contributed by atoms with Gasteiger partial charge in [-0.25, -0.2) is 0 Å². The number of hydrogen-bond acceptors (Lipinski definition) is 6. The smallest absolute Gasteiger partial charge is 0.223 e. The van der Waals surface area contributed by atoms with Crippen LogP contribution in [0.5, 0.6) is 0 Å². The van der Waals surface area contributed by atoms with E-state index in [1.165, 1.54) is 32.1 Å². The Morgan fingerprint density at radius 2 is 1.95 bits per heavy atom. The van der Waals surface area contributed by atoms with Crippen molar-refractivity contribution in [3.8, 4) is 0 Å². The summed E-state index contributed by atoms with van der Waals surface area (Å²) in [5, 5.41) is 3.51. The van der Waals surface area contributed by atoms with Crippen molar-refractivity contribution in [3.63, 3.8) is 0 Å². The van der Waals surface area contributed by atoms with Crippen LogP contribution in [0.15, 0.2) is 6.07 Å². The summed E-state index contributed by atoms with van der Waals surface area (Å²) in [5.74, 6) is 2.07. The van der Waals surface area contributed by atoms with Gasteiger partial charge in [-0.15, -0.1) is 0 Å². The highest BCUT2D eigenvalue weighted by molar-refractivity contribution is 5.53. The minimum atomic E-state index is 0.237. The molecular formula is C14H24N6. The molecule has 2 aliphatic rings. The van der Waals surface area contributed by atoms with Crippen LogP contribution in [-0.2, 0) is 0 Å². The van der Waals surface area contributed by atoms with Gasteiger partial charge >= 0.3 is 0 Å². The second kappa shape index (κ2) is 5.83. The first-order valence-electron chi connectivity index (χ1n) is 7.62. The fraction of sp³-hybridized carbons (Fsp3) is 0.714. The summed E-state index contributed by atoms with van der Waals surface area (Å²) in [6.45, 7) is 1.79. The van der Waals surface area contributed by atoms with E-state index in [2.05, 4.69) is 20.2 Å². The first kappa shape index (κ1) is 13.4. The fourth-order valence-electron chi connectivity index (χ4n) is 3.14. The van der Waals surface area contributed by atoms with Gasteiger partial charge in [-0.1, -0.05) is 19.3 Å². The summed E-state index contributed by atoms with van der Waals surface area (Å²) >= 11 is 0. The van der Waals surface area contributed by atoms with Crippen LogP contribution in [-0.4, -0.2) is 35.1 Å². The highest BCUT2D eigenvalue weighted by atomic mass is 15.2. The minimum Gasteiger partial charge on any atom is -0.368 e. The van der Waals surface area contributed by atoms with Crippen molar-refractivity contribution in [3.05, 3.63) is 6.07 Å². The molecular weight excluding hydrogens is 252 g/mol. The van der Waals surface area contributed by atoms with Gasteiger partial charge < -0.3 is 21.7 Å². The molecule has 2 fully saturated rings. The molecule has 20 heavy (non-hydrogen) atoms. The van der Waals surface area contributed by atoms with Crippen molar-refractivity contribution in [2.45, 2.75) is 50.6 Å². The Balaban J connectivity index is 1.72. The first-order chi connectivity index (χ1) is 9.70. The van der Waals surface area contributed by atoms with Crippen molar-refractivity contribution in [2.24, 2.45) is 5.73 Å². The van der Waals surface area contributed by atoms with E-state index < -0.39 is 0 Å². The van der Waals surface area contributed by atoms with Gasteiger partial charge in [-0.3, -0.25) is 0 Å². The van der Waals surface area contributed by atoms with Crippen LogP contribution < -0.4 is 21.7 Å². The second-order valence-corrected chi connectivity index (χ2v) is 5.94. The molecule has 1 aromatic rings. The van der Waals surface area contributed by atoms with Crippen LogP contribution in [0.2, 0.25) is 0 Å². The third-order valence-corrected chi connectivity index (χ3v) is 4.24. The molecule has 3 rings (SSSR count). The molecule has 6 heteroatoms. The summed E-state index contributed by atoms with van der Waals surface area (Å²) in [5.41, 5.74) is 11.8. The average molecular weight is 276 g/mol. The molecule has 5 N–H and O–H groups in total. The maximum Gasteiger partial charge on any atom is 0.223 e. The van der Waals surface area contributed by atoms with Gasteiger partial charge in [0.1, 0.15) is 11.6 Å². The Bertz CT molecular complexity index is 457. The highest BCUT2D eigenvalue weighted by Crippen LogP contribution is 2.24. The van der Waals surface area contributed by atoms with Crippen molar-refractivity contribution in [2.75, 3.05) is 29.0 Å². The van der Waals surface area contributed by atoms with Crippen LogP contribution in [0.4, 0.5) is 17.6 Å². The zero-order valence-corrected chi connectivity index (χ0v) is 11.9. The number of nitrogen functional groups attached to an aromatic ring is 1. The summed E-state index contributed by atoms with van der Waals surface area (Å²) < 4.78 is 0. The van der Waals surface area contributed by atoms with Crippen molar-refractivity contribution < 1.29 is 0 Å². The van der Waals surface area contributed by atoms with Crippen LogP contribution in [0, 0.1) is 0 Å². The third-order valence-electron chi connectivity index (χ3n) is 4.24. The Labute approximate surface area is 119 Å². The molecule has 1 aromatic heterocycles. The number of aromatic nitrogens is 2. The van der Waals surface area contributed by atoms with Gasteiger partial charge in [0, 0.05) is 31.2 Å². The minimum absolute atomic E-state index is 0.237. The SMILES string of the molecule is Nc1nc(NC2CCCCC2)cc(N2CC[C@H](N)C2)n1. The number of hydrogen-bond donors (Lipinski definition) is 3. The molecule has 0 radical (unpaired) electrons. The van der Waals surface area contributed by atoms with Crippen LogP contribution in [0.25, 0.3) is 0 Å². The molecule has 0 amide bonds. The largest absolute Gasteiger partial charge is 0.368 e. The van der Waals surface area contributed by atoms with E-state index in [-0.39, 0.29) is 6.04 Å². The summed E-state index contributed by atoms with van der Waals surface area (Å²) in [6, 6.07) is 2.76. The Morgan fingerprint density at radius 3 is 2.65 bits per heavy atom. The number of nitrogens with two attached hydrogens (primary N) is 2. The monoisotopic (exact) mass is 276 g/mol. The molecule has 6 nitrogen and oxygen atoms in total. The number of anilines is 3. The van der Waals surface area contributed by atoms with E-state index in [0.717, 1.165) is 31.1 Å². The molecule has 0 spiro atoms. The topological polar surface area (TPSA) is 93.1 Å². The molecule has 1 aliphatic heterocycles. The van der Waals surface area contributed by atoms with Crippen molar-refractivity contribution in [1.82, 2.24) is 9.97 Å². The molecule has 2 heterocycles. The molecule has 0 aromatic carbocycles. The lowest BCUT2D eigenvalue weighted by Gasteiger charge is -2.24. The van der Waals surface area contributed by atoms with E-state index in [1.807, 2.05) is 6.07 Å². The highest BCUT2D eigenvalue weighted by Gasteiger charge is 2.22. The Hall–Kier alpha value is -1.56.